The van der Waals surface area contributed by atoms with Crippen LogP contribution in [0.4, 0.5) is 13.2 Å². The molecular weight excluding hydrogens is 283 g/mol. The van der Waals surface area contributed by atoms with Gasteiger partial charge in [0.1, 0.15) is 6.33 Å². The molecule has 0 unspecified atom stereocenters. The summed E-state index contributed by atoms with van der Waals surface area (Å²) in [6, 6.07) is 6.20. The molecule has 0 aliphatic rings. The molecule has 0 radical (unpaired) electrons. The molecule has 3 aromatic rings. The molecule has 1 aromatic carbocycles. The van der Waals surface area contributed by atoms with Crippen molar-refractivity contribution in [2.45, 2.75) is 19.5 Å². The van der Waals surface area contributed by atoms with Gasteiger partial charge in [-0.25, -0.2) is 9.97 Å². The first-order valence-corrected chi connectivity index (χ1v) is 6.27. The molecule has 21 heavy (non-hydrogen) atoms. The van der Waals surface area contributed by atoms with E-state index in [0.29, 0.717) is 11.3 Å². The van der Waals surface area contributed by atoms with Gasteiger partial charge in [-0.1, -0.05) is 18.1 Å². The van der Waals surface area contributed by atoms with Crippen molar-refractivity contribution in [3.05, 3.63) is 42.0 Å². The molecule has 0 N–H and O–H groups in total. The van der Waals surface area contributed by atoms with Gasteiger partial charge in [-0.3, -0.25) is 0 Å². The molecule has 7 heteroatoms. The first-order valence-electron chi connectivity index (χ1n) is 6.27. The fraction of sp³-hybridized carbons (Fsp3) is 0.214. The first kappa shape index (κ1) is 13.5. The van der Waals surface area contributed by atoms with Crippen molar-refractivity contribution in [2.75, 3.05) is 0 Å². The molecule has 4 nitrogen and oxygen atoms in total. The number of aryl methyl sites for hydroxylation is 1. The first-order chi connectivity index (χ1) is 9.99. The Bertz CT molecular complexity index is 796. The second-order valence-electron chi connectivity index (χ2n) is 4.49. The highest BCUT2D eigenvalue weighted by Gasteiger charge is 2.37. The minimum absolute atomic E-state index is 0.0592. The van der Waals surface area contributed by atoms with E-state index >= 15 is 0 Å². The summed E-state index contributed by atoms with van der Waals surface area (Å²) in [4.78, 5) is 8.21. The van der Waals surface area contributed by atoms with E-state index in [0.717, 1.165) is 12.1 Å². The summed E-state index contributed by atoms with van der Waals surface area (Å²) in [7, 11) is 0. The van der Waals surface area contributed by atoms with Crippen LogP contribution in [0.3, 0.4) is 0 Å². The molecule has 0 bridgehead atoms. The summed E-state index contributed by atoms with van der Waals surface area (Å²) in [5.41, 5.74) is 1.21. The van der Waals surface area contributed by atoms with E-state index in [2.05, 4.69) is 15.1 Å². The van der Waals surface area contributed by atoms with Gasteiger partial charge in [0, 0.05) is 11.3 Å². The zero-order chi connectivity index (χ0) is 15.0. The Morgan fingerprint density at radius 2 is 1.95 bits per heavy atom. The number of benzene rings is 1. The van der Waals surface area contributed by atoms with Crippen LogP contribution in [-0.4, -0.2) is 15.1 Å². The second kappa shape index (κ2) is 4.83. The minimum Gasteiger partial charge on any atom is -0.356 e. The van der Waals surface area contributed by atoms with Gasteiger partial charge in [0.2, 0.25) is 0 Å². The van der Waals surface area contributed by atoms with Gasteiger partial charge in [-0.2, -0.15) is 13.2 Å². The molecule has 0 aliphatic heterocycles. The molecule has 108 valence electrons. The van der Waals surface area contributed by atoms with Crippen molar-refractivity contribution in [2.24, 2.45) is 0 Å². The van der Waals surface area contributed by atoms with E-state index in [4.69, 9.17) is 4.52 Å². The van der Waals surface area contributed by atoms with Crippen molar-refractivity contribution in [3.8, 4) is 11.3 Å². The van der Waals surface area contributed by atoms with Crippen molar-refractivity contribution in [1.29, 1.82) is 0 Å². The lowest BCUT2D eigenvalue weighted by atomic mass is 10.1. The second-order valence-corrected chi connectivity index (χ2v) is 4.49. The quantitative estimate of drug-likeness (QED) is 0.719. The van der Waals surface area contributed by atoms with E-state index in [1.807, 2.05) is 6.92 Å². The Hall–Kier alpha value is -2.44. The SMILES string of the molecule is CCc1cc(-c2ccc3c(C(F)(F)F)noc3c2)ncn1. The van der Waals surface area contributed by atoms with Crippen LogP contribution in [0.1, 0.15) is 18.3 Å². The number of fused-ring (bicyclic) bond motifs is 1. The molecule has 2 heterocycles. The summed E-state index contributed by atoms with van der Waals surface area (Å²) < 4.78 is 43.0. The summed E-state index contributed by atoms with van der Waals surface area (Å²) in [6.07, 6.45) is -2.35. The summed E-state index contributed by atoms with van der Waals surface area (Å²) in [6.45, 7) is 1.96. The van der Waals surface area contributed by atoms with Crippen LogP contribution in [0, 0.1) is 0 Å². The zero-order valence-corrected chi connectivity index (χ0v) is 11.0. The van der Waals surface area contributed by atoms with Crippen LogP contribution >= 0.6 is 0 Å². The fourth-order valence-corrected chi connectivity index (χ4v) is 2.05. The van der Waals surface area contributed by atoms with Gasteiger partial charge in [0.15, 0.2) is 11.3 Å². The molecule has 0 aliphatic carbocycles. The highest BCUT2D eigenvalue weighted by atomic mass is 19.4. The number of halogens is 3. The third-order valence-electron chi connectivity index (χ3n) is 3.12. The largest absolute Gasteiger partial charge is 0.437 e. The standard InChI is InChI=1S/C14H10F3N3O/c1-2-9-6-11(19-7-18-9)8-3-4-10-12(5-8)21-20-13(10)14(15,16)17/h3-7H,2H2,1H3. The predicted octanol–water partition coefficient (Wildman–Crippen LogP) is 3.87. The summed E-state index contributed by atoms with van der Waals surface area (Å²) in [5, 5.41) is 3.04. The van der Waals surface area contributed by atoms with Crippen LogP contribution in [0.2, 0.25) is 0 Å². The Balaban J connectivity index is 2.10. The Morgan fingerprint density at radius 1 is 1.14 bits per heavy atom. The fourth-order valence-electron chi connectivity index (χ4n) is 2.05. The van der Waals surface area contributed by atoms with Crippen LogP contribution in [0.25, 0.3) is 22.2 Å². The molecule has 0 saturated heterocycles. The molecule has 0 saturated carbocycles. The van der Waals surface area contributed by atoms with E-state index in [-0.39, 0.29) is 11.0 Å². The molecular formula is C14H10F3N3O. The monoisotopic (exact) mass is 293 g/mol. The maximum atomic E-state index is 12.7. The van der Waals surface area contributed by atoms with Crippen LogP contribution in [-0.2, 0) is 12.6 Å². The van der Waals surface area contributed by atoms with Crippen molar-refractivity contribution < 1.29 is 17.7 Å². The Labute approximate surface area is 117 Å². The lowest BCUT2D eigenvalue weighted by Crippen LogP contribution is -2.05. The predicted molar refractivity (Wildman–Crippen MR) is 69.4 cm³/mol. The van der Waals surface area contributed by atoms with Gasteiger partial charge in [-0.05, 0) is 24.6 Å². The maximum absolute atomic E-state index is 12.7. The third kappa shape index (κ3) is 2.46. The van der Waals surface area contributed by atoms with Gasteiger partial charge in [0.05, 0.1) is 11.1 Å². The molecule has 0 amide bonds. The lowest BCUT2D eigenvalue weighted by molar-refractivity contribution is -0.141. The molecule has 2 aromatic heterocycles. The highest BCUT2D eigenvalue weighted by molar-refractivity contribution is 5.84. The molecule has 0 atom stereocenters. The number of alkyl halides is 3. The Morgan fingerprint density at radius 3 is 2.67 bits per heavy atom. The Kier molecular flexibility index (Phi) is 3.12. The number of nitrogens with zero attached hydrogens (tertiary/aromatic N) is 3. The average Bonchev–Trinajstić information content (AvgIpc) is 2.90. The maximum Gasteiger partial charge on any atom is 0.437 e. The van der Waals surface area contributed by atoms with Crippen molar-refractivity contribution in [3.63, 3.8) is 0 Å². The number of hydrogen-bond donors (Lipinski definition) is 0. The van der Waals surface area contributed by atoms with E-state index in [1.54, 1.807) is 12.1 Å². The number of rotatable bonds is 2. The molecule has 3 rings (SSSR count). The summed E-state index contributed by atoms with van der Waals surface area (Å²) in [5.74, 6) is 0. The van der Waals surface area contributed by atoms with Gasteiger partial charge in [-0.15, -0.1) is 0 Å². The molecule has 0 fully saturated rings. The zero-order valence-electron chi connectivity index (χ0n) is 11.0. The van der Waals surface area contributed by atoms with Gasteiger partial charge in [0.25, 0.3) is 0 Å². The molecule has 0 spiro atoms. The lowest BCUT2D eigenvalue weighted by Gasteiger charge is -2.03. The average molecular weight is 293 g/mol. The highest BCUT2D eigenvalue weighted by Crippen LogP contribution is 2.35. The normalized spacial score (nSPS) is 12.0. The minimum atomic E-state index is -4.53. The topological polar surface area (TPSA) is 51.8 Å². The van der Waals surface area contributed by atoms with Crippen LogP contribution < -0.4 is 0 Å². The number of aromatic nitrogens is 3. The van der Waals surface area contributed by atoms with E-state index in [1.165, 1.54) is 18.5 Å². The summed E-state index contributed by atoms with van der Waals surface area (Å²) >= 11 is 0. The third-order valence-corrected chi connectivity index (χ3v) is 3.12. The van der Waals surface area contributed by atoms with Crippen LogP contribution in [0.15, 0.2) is 35.1 Å². The van der Waals surface area contributed by atoms with Crippen molar-refractivity contribution >= 4 is 11.0 Å². The van der Waals surface area contributed by atoms with Crippen LogP contribution in [0.5, 0.6) is 0 Å². The van der Waals surface area contributed by atoms with Crippen molar-refractivity contribution in [1.82, 2.24) is 15.1 Å². The smallest absolute Gasteiger partial charge is 0.356 e. The number of hydrogen-bond acceptors (Lipinski definition) is 4. The van der Waals surface area contributed by atoms with Gasteiger partial charge >= 0.3 is 6.18 Å². The van der Waals surface area contributed by atoms with Gasteiger partial charge < -0.3 is 4.52 Å². The van der Waals surface area contributed by atoms with E-state index in [9.17, 15) is 13.2 Å². The van der Waals surface area contributed by atoms with E-state index < -0.39 is 11.9 Å².